The summed E-state index contributed by atoms with van der Waals surface area (Å²) in [5.41, 5.74) is 1.50. The fourth-order valence-corrected chi connectivity index (χ4v) is 1.86. The molecule has 0 aliphatic rings. The molecule has 0 aliphatic carbocycles. The number of alkyl halides is 3. The number of esters is 1. The lowest BCUT2D eigenvalue weighted by Gasteiger charge is -2.11. The first-order valence-corrected chi connectivity index (χ1v) is 5.94. The Bertz CT molecular complexity index is 633. The molecular formula is C15H11F3O3. The van der Waals surface area contributed by atoms with E-state index in [-0.39, 0.29) is 5.75 Å². The predicted molar refractivity (Wildman–Crippen MR) is 69.9 cm³/mol. The van der Waals surface area contributed by atoms with Gasteiger partial charge < -0.3 is 9.47 Å². The van der Waals surface area contributed by atoms with Gasteiger partial charge in [0.25, 0.3) is 0 Å². The number of hydrogen-bond acceptors (Lipinski definition) is 3. The molecule has 0 unspecified atom stereocenters. The predicted octanol–water partition coefficient (Wildman–Crippen LogP) is 4.04. The minimum atomic E-state index is -4.73. The molecule has 21 heavy (non-hydrogen) atoms. The van der Waals surface area contributed by atoms with Crippen molar-refractivity contribution in [1.82, 2.24) is 0 Å². The first-order valence-electron chi connectivity index (χ1n) is 5.94. The molecule has 3 nitrogen and oxygen atoms in total. The largest absolute Gasteiger partial charge is 0.573 e. The van der Waals surface area contributed by atoms with Crippen LogP contribution >= 0.6 is 0 Å². The van der Waals surface area contributed by atoms with Gasteiger partial charge in [0, 0.05) is 0 Å². The number of carbonyl (C=O) groups excluding carboxylic acids is 1. The fraction of sp³-hybridized carbons (Fsp3) is 0.133. The maximum atomic E-state index is 12.1. The number of halogens is 3. The van der Waals surface area contributed by atoms with Gasteiger partial charge in [-0.15, -0.1) is 13.2 Å². The Morgan fingerprint density at radius 3 is 2.19 bits per heavy atom. The van der Waals surface area contributed by atoms with Crippen LogP contribution in [-0.4, -0.2) is 19.4 Å². The minimum absolute atomic E-state index is 0.318. The van der Waals surface area contributed by atoms with Gasteiger partial charge in [-0.1, -0.05) is 30.3 Å². The summed E-state index contributed by atoms with van der Waals surface area (Å²) in [5.74, 6) is -0.831. The molecule has 0 fully saturated rings. The molecule has 0 heterocycles. The van der Waals surface area contributed by atoms with Crippen molar-refractivity contribution >= 4 is 5.97 Å². The average Bonchev–Trinajstić information content (AvgIpc) is 2.45. The molecule has 6 heteroatoms. The molecule has 0 saturated heterocycles. The zero-order valence-electron chi connectivity index (χ0n) is 11.0. The molecule has 0 atom stereocenters. The van der Waals surface area contributed by atoms with Crippen LogP contribution in [0.2, 0.25) is 0 Å². The Morgan fingerprint density at radius 1 is 1.00 bits per heavy atom. The van der Waals surface area contributed by atoms with Gasteiger partial charge in [-0.2, -0.15) is 0 Å². The number of hydrogen-bond donors (Lipinski definition) is 0. The quantitative estimate of drug-likeness (QED) is 0.802. The maximum Gasteiger partial charge on any atom is 0.573 e. The monoisotopic (exact) mass is 296 g/mol. The van der Waals surface area contributed by atoms with Crippen molar-refractivity contribution in [1.29, 1.82) is 0 Å². The van der Waals surface area contributed by atoms with Crippen LogP contribution in [0.5, 0.6) is 5.75 Å². The summed E-state index contributed by atoms with van der Waals surface area (Å²) in [4.78, 5) is 11.7. The third kappa shape index (κ3) is 3.75. The molecule has 0 amide bonds. The van der Waals surface area contributed by atoms with Gasteiger partial charge in [0.05, 0.1) is 12.7 Å². The summed E-state index contributed by atoms with van der Waals surface area (Å²) >= 11 is 0. The lowest BCUT2D eigenvalue weighted by atomic mass is 10.00. The van der Waals surface area contributed by atoms with Crippen molar-refractivity contribution in [3.8, 4) is 16.9 Å². The lowest BCUT2D eigenvalue weighted by molar-refractivity contribution is -0.274. The zero-order chi connectivity index (χ0) is 15.5. The second-order valence-corrected chi connectivity index (χ2v) is 4.11. The van der Waals surface area contributed by atoms with Crippen molar-refractivity contribution in [2.45, 2.75) is 6.36 Å². The smallest absolute Gasteiger partial charge is 0.465 e. The highest BCUT2D eigenvalue weighted by Gasteiger charge is 2.31. The van der Waals surface area contributed by atoms with Crippen LogP contribution in [-0.2, 0) is 4.74 Å². The van der Waals surface area contributed by atoms with Gasteiger partial charge >= 0.3 is 12.3 Å². The molecule has 0 bridgehead atoms. The van der Waals surface area contributed by atoms with Crippen LogP contribution < -0.4 is 4.74 Å². The average molecular weight is 296 g/mol. The summed E-state index contributed by atoms with van der Waals surface area (Å²) in [6.07, 6.45) is -4.73. The van der Waals surface area contributed by atoms with Crippen molar-refractivity contribution in [3.05, 3.63) is 54.1 Å². The summed E-state index contributed by atoms with van der Waals surface area (Å²) in [5, 5.41) is 0. The van der Waals surface area contributed by atoms with Crippen LogP contribution in [0.1, 0.15) is 10.4 Å². The molecular weight excluding hydrogens is 285 g/mol. The zero-order valence-corrected chi connectivity index (χ0v) is 11.0. The van der Waals surface area contributed by atoms with Gasteiger partial charge in [-0.05, 0) is 29.3 Å². The molecule has 0 N–H and O–H groups in total. The summed E-state index contributed by atoms with van der Waals surface area (Å²) < 4.78 is 44.8. The van der Waals surface area contributed by atoms with E-state index in [1.54, 1.807) is 24.3 Å². The Morgan fingerprint density at radius 2 is 1.62 bits per heavy atom. The van der Waals surface area contributed by atoms with Crippen molar-refractivity contribution in [2.24, 2.45) is 0 Å². The van der Waals surface area contributed by atoms with Gasteiger partial charge in [0.2, 0.25) is 0 Å². The van der Waals surface area contributed by atoms with Crippen LogP contribution in [0.4, 0.5) is 13.2 Å². The van der Waals surface area contributed by atoms with E-state index < -0.39 is 12.3 Å². The highest BCUT2D eigenvalue weighted by molar-refractivity contribution is 5.97. The van der Waals surface area contributed by atoms with E-state index in [1.807, 2.05) is 0 Å². The number of rotatable bonds is 3. The number of carbonyl (C=O) groups is 1. The highest BCUT2D eigenvalue weighted by atomic mass is 19.4. The second-order valence-electron chi connectivity index (χ2n) is 4.11. The second kappa shape index (κ2) is 5.87. The molecule has 0 radical (unpaired) electrons. The minimum Gasteiger partial charge on any atom is -0.465 e. The Kier molecular flexibility index (Phi) is 4.16. The van der Waals surface area contributed by atoms with Gasteiger partial charge in [-0.25, -0.2) is 4.79 Å². The van der Waals surface area contributed by atoms with Crippen molar-refractivity contribution in [3.63, 3.8) is 0 Å². The molecule has 2 aromatic carbocycles. The number of methoxy groups -OCH3 is 1. The highest BCUT2D eigenvalue weighted by Crippen LogP contribution is 2.28. The molecule has 2 aromatic rings. The molecule has 2 rings (SSSR count). The number of ether oxygens (including phenoxy) is 2. The van der Waals surface area contributed by atoms with E-state index in [0.717, 1.165) is 0 Å². The Balaban J connectivity index is 2.33. The lowest BCUT2D eigenvalue weighted by Crippen LogP contribution is -2.16. The van der Waals surface area contributed by atoms with Gasteiger partial charge in [0.15, 0.2) is 0 Å². The first kappa shape index (κ1) is 14.9. The SMILES string of the molecule is COC(=O)c1ccccc1-c1ccc(OC(F)(F)F)cc1. The van der Waals surface area contributed by atoms with Crippen LogP contribution in [0, 0.1) is 0 Å². The van der Waals surface area contributed by atoms with E-state index in [0.29, 0.717) is 16.7 Å². The first-order chi connectivity index (χ1) is 9.90. The summed E-state index contributed by atoms with van der Waals surface area (Å²) in [7, 11) is 1.26. The fourth-order valence-electron chi connectivity index (χ4n) is 1.86. The van der Waals surface area contributed by atoms with Crippen molar-refractivity contribution < 1.29 is 27.4 Å². The Labute approximate surface area is 118 Å². The van der Waals surface area contributed by atoms with E-state index >= 15 is 0 Å². The third-order valence-electron chi connectivity index (χ3n) is 2.73. The van der Waals surface area contributed by atoms with Crippen molar-refractivity contribution in [2.75, 3.05) is 7.11 Å². The van der Waals surface area contributed by atoms with Crippen LogP contribution in [0.25, 0.3) is 11.1 Å². The number of benzene rings is 2. The van der Waals surface area contributed by atoms with Crippen LogP contribution in [0.15, 0.2) is 48.5 Å². The van der Waals surface area contributed by atoms with Crippen LogP contribution in [0.3, 0.4) is 0 Å². The van der Waals surface area contributed by atoms with E-state index in [4.69, 9.17) is 0 Å². The topological polar surface area (TPSA) is 35.5 Å². The summed E-state index contributed by atoms with van der Waals surface area (Å²) in [6.45, 7) is 0. The molecule has 0 aliphatic heterocycles. The standard InChI is InChI=1S/C15H11F3O3/c1-20-14(19)13-5-3-2-4-12(13)10-6-8-11(9-7-10)21-15(16,17)18/h2-9H,1H3. The van der Waals surface area contributed by atoms with Gasteiger partial charge in [-0.3, -0.25) is 0 Å². The van der Waals surface area contributed by atoms with E-state index in [2.05, 4.69) is 9.47 Å². The molecule has 0 spiro atoms. The van der Waals surface area contributed by atoms with Gasteiger partial charge in [0.1, 0.15) is 5.75 Å². The maximum absolute atomic E-state index is 12.1. The Hall–Kier alpha value is -2.50. The summed E-state index contributed by atoms with van der Waals surface area (Å²) in [6, 6.07) is 11.9. The third-order valence-corrected chi connectivity index (χ3v) is 2.73. The van der Waals surface area contributed by atoms with E-state index in [9.17, 15) is 18.0 Å². The molecule has 110 valence electrons. The van der Waals surface area contributed by atoms with E-state index in [1.165, 1.54) is 31.4 Å². The normalized spacial score (nSPS) is 11.0. The molecule has 0 aromatic heterocycles. The molecule has 0 saturated carbocycles.